The number of alkyl halides is 3. The fourth-order valence-electron chi connectivity index (χ4n) is 1.87. The van der Waals surface area contributed by atoms with Gasteiger partial charge in [-0.2, -0.15) is 13.2 Å². The van der Waals surface area contributed by atoms with Crippen LogP contribution in [0.3, 0.4) is 0 Å². The van der Waals surface area contributed by atoms with Crippen LogP contribution < -0.4 is 5.32 Å². The summed E-state index contributed by atoms with van der Waals surface area (Å²) in [5.74, 6) is 0. The van der Waals surface area contributed by atoms with Gasteiger partial charge in [-0.3, -0.25) is 0 Å². The second kappa shape index (κ2) is 8.03. The van der Waals surface area contributed by atoms with Crippen LogP contribution in [-0.4, -0.2) is 31.1 Å². The third kappa shape index (κ3) is 6.26. The van der Waals surface area contributed by atoms with Gasteiger partial charge in [0, 0.05) is 22.7 Å². The van der Waals surface area contributed by atoms with Crippen LogP contribution in [0.1, 0.15) is 32.3 Å². The van der Waals surface area contributed by atoms with Gasteiger partial charge in [0.15, 0.2) is 0 Å². The van der Waals surface area contributed by atoms with E-state index in [0.717, 1.165) is 25.5 Å². The summed E-state index contributed by atoms with van der Waals surface area (Å²) in [4.78, 5) is 2.22. The molecular weight excluding hydrogens is 345 g/mol. The first kappa shape index (κ1) is 18.3. The maximum atomic E-state index is 12.9. The second-order valence-electron chi connectivity index (χ2n) is 5.40. The minimum absolute atomic E-state index is 0.142. The van der Waals surface area contributed by atoms with Crippen LogP contribution in [0.15, 0.2) is 22.7 Å². The molecule has 0 atom stereocenters. The molecule has 1 N–H and O–H groups in total. The first-order valence-electron chi connectivity index (χ1n) is 7.02. The molecule has 0 spiro atoms. The molecule has 0 aliphatic heterocycles. The van der Waals surface area contributed by atoms with Crippen molar-refractivity contribution < 1.29 is 13.2 Å². The Bertz CT molecular complexity index is 447. The Hall–Kier alpha value is -0.750. The summed E-state index contributed by atoms with van der Waals surface area (Å²) in [7, 11) is 2.05. The molecule has 0 aromatic heterocycles. The molecule has 0 saturated carbocycles. The molecular formula is C15H22BrF3N2. The van der Waals surface area contributed by atoms with Crippen LogP contribution >= 0.6 is 15.9 Å². The Morgan fingerprint density at radius 3 is 2.48 bits per heavy atom. The lowest BCUT2D eigenvalue weighted by Crippen LogP contribution is -2.27. The van der Waals surface area contributed by atoms with Crippen molar-refractivity contribution >= 4 is 21.6 Å². The van der Waals surface area contributed by atoms with Crippen molar-refractivity contribution in [1.82, 2.24) is 4.90 Å². The Morgan fingerprint density at radius 2 is 1.90 bits per heavy atom. The van der Waals surface area contributed by atoms with E-state index >= 15 is 0 Å². The molecule has 0 aliphatic carbocycles. The smallest absolute Gasteiger partial charge is 0.385 e. The van der Waals surface area contributed by atoms with E-state index in [0.29, 0.717) is 17.1 Å². The first-order valence-corrected chi connectivity index (χ1v) is 7.82. The Morgan fingerprint density at radius 1 is 1.24 bits per heavy atom. The molecule has 120 valence electrons. The number of rotatable bonds is 7. The SMILES string of the molecule is CC(C)N(C)CCCCNc1ccc(Br)cc1C(F)(F)F. The highest BCUT2D eigenvalue weighted by molar-refractivity contribution is 9.10. The van der Waals surface area contributed by atoms with E-state index in [1.807, 2.05) is 0 Å². The minimum atomic E-state index is -4.34. The predicted molar refractivity (Wildman–Crippen MR) is 84.6 cm³/mol. The molecule has 0 unspecified atom stereocenters. The lowest BCUT2D eigenvalue weighted by atomic mass is 10.1. The number of nitrogens with one attached hydrogen (secondary N) is 1. The standard InChI is InChI=1S/C15H22BrF3N2/c1-11(2)21(3)9-5-4-8-20-14-7-6-12(16)10-13(14)15(17,18)19/h6-7,10-11,20H,4-5,8-9H2,1-3H3. The van der Waals surface area contributed by atoms with Crippen molar-refractivity contribution in [1.29, 1.82) is 0 Å². The number of nitrogens with zero attached hydrogens (tertiary/aromatic N) is 1. The van der Waals surface area contributed by atoms with Crippen molar-refractivity contribution in [3.8, 4) is 0 Å². The summed E-state index contributed by atoms with van der Waals surface area (Å²) < 4.78 is 39.2. The normalized spacial score (nSPS) is 12.2. The topological polar surface area (TPSA) is 15.3 Å². The Kier molecular flexibility index (Phi) is 7.00. The van der Waals surface area contributed by atoms with Gasteiger partial charge in [0.1, 0.15) is 0 Å². The summed E-state index contributed by atoms with van der Waals surface area (Å²) in [6, 6.07) is 4.67. The van der Waals surface area contributed by atoms with Crippen LogP contribution in [0.2, 0.25) is 0 Å². The number of benzene rings is 1. The fraction of sp³-hybridized carbons (Fsp3) is 0.600. The third-order valence-corrected chi connectivity index (χ3v) is 3.91. The summed E-state index contributed by atoms with van der Waals surface area (Å²) >= 11 is 3.08. The molecule has 1 aromatic rings. The van der Waals surface area contributed by atoms with Crippen molar-refractivity contribution in [3.05, 3.63) is 28.2 Å². The summed E-state index contributed by atoms with van der Waals surface area (Å²) in [5, 5.41) is 2.89. The molecule has 0 aliphatic rings. The van der Waals surface area contributed by atoms with Gasteiger partial charge in [-0.25, -0.2) is 0 Å². The van der Waals surface area contributed by atoms with E-state index in [1.54, 1.807) is 6.07 Å². The van der Waals surface area contributed by atoms with Crippen molar-refractivity contribution in [2.45, 2.75) is 38.9 Å². The first-order chi connectivity index (χ1) is 9.71. The van der Waals surface area contributed by atoms with E-state index < -0.39 is 11.7 Å². The molecule has 0 bridgehead atoms. The number of halogens is 4. The average Bonchev–Trinajstić information content (AvgIpc) is 2.38. The van der Waals surface area contributed by atoms with E-state index in [-0.39, 0.29) is 5.69 Å². The van der Waals surface area contributed by atoms with Crippen LogP contribution in [0.5, 0.6) is 0 Å². The van der Waals surface area contributed by atoms with Crippen LogP contribution in [0.4, 0.5) is 18.9 Å². The van der Waals surface area contributed by atoms with Crippen LogP contribution in [0, 0.1) is 0 Å². The van der Waals surface area contributed by atoms with Gasteiger partial charge >= 0.3 is 6.18 Å². The van der Waals surface area contributed by atoms with Gasteiger partial charge in [-0.15, -0.1) is 0 Å². The number of hydrogen-bond donors (Lipinski definition) is 1. The zero-order valence-corrected chi connectivity index (χ0v) is 14.2. The van der Waals surface area contributed by atoms with E-state index in [1.165, 1.54) is 6.07 Å². The Balaban J connectivity index is 2.49. The van der Waals surface area contributed by atoms with Gasteiger partial charge in [0.25, 0.3) is 0 Å². The number of anilines is 1. The van der Waals surface area contributed by atoms with Gasteiger partial charge in [-0.1, -0.05) is 15.9 Å². The molecule has 0 saturated heterocycles. The highest BCUT2D eigenvalue weighted by atomic mass is 79.9. The molecule has 21 heavy (non-hydrogen) atoms. The molecule has 0 heterocycles. The van der Waals surface area contributed by atoms with Crippen LogP contribution in [-0.2, 0) is 6.18 Å². The fourth-order valence-corrected chi connectivity index (χ4v) is 2.23. The predicted octanol–water partition coefficient (Wildman–Crippen LogP) is 5.00. The summed E-state index contributed by atoms with van der Waals surface area (Å²) in [6.07, 6.45) is -2.55. The van der Waals surface area contributed by atoms with Crippen molar-refractivity contribution in [2.75, 3.05) is 25.5 Å². The van der Waals surface area contributed by atoms with Crippen LogP contribution in [0.25, 0.3) is 0 Å². The second-order valence-corrected chi connectivity index (χ2v) is 6.31. The van der Waals surface area contributed by atoms with E-state index in [2.05, 4.69) is 47.0 Å². The van der Waals surface area contributed by atoms with E-state index in [4.69, 9.17) is 0 Å². The molecule has 6 heteroatoms. The molecule has 2 nitrogen and oxygen atoms in total. The third-order valence-electron chi connectivity index (χ3n) is 3.42. The zero-order chi connectivity index (χ0) is 16.0. The molecule has 0 amide bonds. The largest absolute Gasteiger partial charge is 0.418 e. The van der Waals surface area contributed by atoms with E-state index in [9.17, 15) is 13.2 Å². The summed E-state index contributed by atoms with van der Waals surface area (Å²) in [6.45, 7) is 5.73. The number of hydrogen-bond acceptors (Lipinski definition) is 2. The summed E-state index contributed by atoms with van der Waals surface area (Å²) in [5.41, 5.74) is -0.487. The number of unbranched alkanes of at least 4 members (excludes halogenated alkanes) is 1. The van der Waals surface area contributed by atoms with Gasteiger partial charge < -0.3 is 10.2 Å². The highest BCUT2D eigenvalue weighted by Gasteiger charge is 2.33. The lowest BCUT2D eigenvalue weighted by molar-refractivity contribution is -0.137. The van der Waals surface area contributed by atoms with Gasteiger partial charge in [0.2, 0.25) is 0 Å². The van der Waals surface area contributed by atoms with Gasteiger partial charge in [0.05, 0.1) is 5.56 Å². The minimum Gasteiger partial charge on any atom is -0.385 e. The van der Waals surface area contributed by atoms with Gasteiger partial charge in [-0.05, 0) is 58.5 Å². The monoisotopic (exact) mass is 366 g/mol. The molecule has 0 fully saturated rings. The average molecular weight is 367 g/mol. The molecule has 1 aromatic carbocycles. The maximum Gasteiger partial charge on any atom is 0.418 e. The van der Waals surface area contributed by atoms with Crippen molar-refractivity contribution in [3.63, 3.8) is 0 Å². The zero-order valence-electron chi connectivity index (χ0n) is 12.6. The maximum absolute atomic E-state index is 12.9. The van der Waals surface area contributed by atoms with Crippen molar-refractivity contribution in [2.24, 2.45) is 0 Å². The highest BCUT2D eigenvalue weighted by Crippen LogP contribution is 2.36. The quantitative estimate of drug-likeness (QED) is 0.683. The molecule has 1 rings (SSSR count). The Labute approximate surface area is 132 Å². The molecule has 0 radical (unpaired) electrons. The lowest BCUT2D eigenvalue weighted by Gasteiger charge is -2.21.